The van der Waals surface area contributed by atoms with Gasteiger partial charge in [0.2, 0.25) is 0 Å². The normalized spacial score (nSPS) is 20.5. The van der Waals surface area contributed by atoms with Crippen LogP contribution in [0, 0.1) is 5.82 Å². The molecule has 0 saturated heterocycles. The van der Waals surface area contributed by atoms with E-state index in [9.17, 15) is 9.18 Å². The molecule has 0 bridgehead atoms. The zero-order valence-corrected chi connectivity index (χ0v) is 15.1. The van der Waals surface area contributed by atoms with Crippen LogP contribution in [-0.4, -0.2) is 39.0 Å². The molecule has 28 heavy (non-hydrogen) atoms. The van der Waals surface area contributed by atoms with E-state index in [1.807, 2.05) is 31.5 Å². The summed E-state index contributed by atoms with van der Waals surface area (Å²) in [6, 6.07) is 11.9. The number of halogens is 1. The van der Waals surface area contributed by atoms with Crippen LogP contribution >= 0.6 is 0 Å². The van der Waals surface area contributed by atoms with Crippen LogP contribution in [0.25, 0.3) is 0 Å². The molecule has 0 radical (unpaired) electrons. The van der Waals surface area contributed by atoms with Crippen molar-refractivity contribution >= 4 is 23.4 Å². The number of hydrogen-bond acceptors (Lipinski definition) is 5. The van der Waals surface area contributed by atoms with Crippen molar-refractivity contribution in [2.24, 2.45) is 17.0 Å². The zero-order chi connectivity index (χ0) is 19.3. The minimum absolute atomic E-state index is 0.0206. The van der Waals surface area contributed by atoms with Crippen molar-refractivity contribution in [2.45, 2.75) is 11.8 Å². The molecule has 5 rings (SSSR count). The first-order valence-electron chi connectivity index (χ1n) is 8.98. The summed E-state index contributed by atoms with van der Waals surface area (Å²) >= 11 is 0. The molecule has 0 spiro atoms. The molecule has 6 nitrogen and oxygen atoms in total. The molecule has 1 aromatic heterocycles. The Hall–Kier alpha value is -3.48. The van der Waals surface area contributed by atoms with Crippen molar-refractivity contribution in [3.63, 3.8) is 0 Å². The second-order valence-electron chi connectivity index (χ2n) is 6.90. The summed E-state index contributed by atoms with van der Waals surface area (Å²) in [5.74, 6) is -0.118. The Balaban J connectivity index is 1.77. The third kappa shape index (κ3) is 2.51. The van der Waals surface area contributed by atoms with Gasteiger partial charge in [-0.05, 0) is 23.8 Å². The summed E-state index contributed by atoms with van der Waals surface area (Å²) in [5, 5.41) is 4.22. The average molecular weight is 373 g/mol. The Morgan fingerprint density at radius 2 is 1.96 bits per heavy atom. The maximum Gasteiger partial charge on any atom is 0.184 e. The number of rotatable bonds is 2. The Bertz CT molecular complexity index is 1150. The van der Waals surface area contributed by atoms with Crippen molar-refractivity contribution in [2.75, 3.05) is 6.54 Å². The van der Waals surface area contributed by atoms with E-state index < -0.39 is 0 Å². The van der Waals surface area contributed by atoms with Crippen molar-refractivity contribution in [1.82, 2.24) is 14.8 Å². The largest absolute Gasteiger partial charge is 0.292 e. The molecule has 2 aliphatic rings. The van der Waals surface area contributed by atoms with Gasteiger partial charge in [-0.15, -0.1) is 0 Å². The van der Waals surface area contributed by atoms with Crippen LogP contribution in [0.4, 0.5) is 10.1 Å². The molecule has 0 saturated carbocycles. The van der Waals surface area contributed by atoms with Crippen molar-refractivity contribution in [3.8, 4) is 0 Å². The molecule has 0 N–H and O–H groups in total. The van der Waals surface area contributed by atoms with Crippen LogP contribution in [0.5, 0.6) is 0 Å². The first-order chi connectivity index (χ1) is 13.6. The summed E-state index contributed by atoms with van der Waals surface area (Å²) in [5.41, 5.74) is 3.76. The van der Waals surface area contributed by atoms with E-state index in [1.54, 1.807) is 16.8 Å². The van der Waals surface area contributed by atoms with E-state index >= 15 is 0 Å². The van der Waals surface area contributed by atoms with Crippen LogP contribution in [-0.2, 0) is 7.05 Å². The Kier molecular flexibility index (Phi) is 3.75. The SMILES string of the molecule is Cn1ncnc1C1C2=NCC(=O)c3cccc(c32)N=CC1c1ccc(F)cc1. The van der Waals surface area contributed by atoms with E-state index in [1.165, 1.54) is 18.5 Å². The standard InChI is InChI=1S/C21H16FN5O/c1-27-21(25-11-26-27)19-15(12-5-7-13(22)8-6-12)9-23-16-4-2-3-14-17(28)10-24-20(19)18(14)16/h2-9,11,15,19H,10H2,1H3. The predicted molar refractivity (Wildman–Crippen MR) is 103 cm³/mol. The molecule has 2 aliphatic heterocycles. The van der Waals surface area contributed by atoms with Crippen LogP contribution < -0.4 is 0 Å². The molecular weight excluding hydrogens is 357 g/mol. The Morgan fingerprint density at radius 3 is 2.71 bits per heavy atom. The van der Waals surface area contributed by atoms with Gasteiger partial charge in [-0.25, -0.2) is 9.37 Å². The van der Waals surface area contributed by atoms with Gasteiger partial charge < -0.3 is 0 Å². The van der Waals surface area contributed by atoms with Gasteiger partial charge in [0.05, 0.1) is 17.3 Å². The van der Waals surface area contributed by atoms with Crippen molar-refractivity contribution < 1.29 is 9.18 Å². The maximum absolute atomic E-state index is 13.5. The number of carbonyl (C=O) groups excluding carboxylic acids is 1. The van der Waals surface area contributed by atoms with Crippen LogP contribution in [0.15, 0.2) is 58.8 Å². The number of aryl methyl sites for hydroxylation is 1. The van der Waals surface area contributed by atoms with Gasteiger partial charge in [-0.2, -0.15) is 5.10 Å². The summed E-state index contributed by atoms with van der Waals surface area (Å²) in [6.07, 6.45) is 3.34. The number of ketones is 1. The lowest BCUT2D eigenvalue weighted by molar-refractivity contribution is 0.1000. The first-order valence-corrected chi connectivity index (χ1v) is 8.98. The summed E-state index contributed by atoms with van der Waals surface area (Å²) in [7, 11) is 1.83. The van der Waals surface area contributed by atoms with Crippen molar-refractivity contribution in [1.29, 1.82) is 0 Å². The van der Waals surface area contributed by atoms with E-state index in [4.69, 9.17) is 0 Å². The molecule has 7 heteroatoms. The maximum atomic E-state index is 13.5. The smallest absolute Gasteiger partial charge is 0.184 e. The molecule has 0 fully saturated rings. The van der Waals surface area contributed by atoms with Crippen molar-refractivity contribution in [3.05, 3.63) is 77.1 Å². The topological polar surface area (TPSA) is 72.5 Å². The van der Waals surface area contributed by atoms with E-state index in [2.05, 4.69) is 20.1 Å². The summed E-state index contributed by atoms with van der Waals surface area (Å²) in [4.78, 5) is 26.2. The highest BCUT2D eigenvalue weighted by Gasteiger charge is 2.38. The number of aliphatic imine (C=N–C) groups is 2. The van der Waals surface area contributed by atoms with E-state index in [0.29, 0.717) is 11.3 Å². The molecule has 0 aliphatic carbocycles. The number of aromatic nitrogens is 3. The number of carbonyl (C=O) groups is 1. The van der Waals surface area contributed by atoms with Gasteiger partial charge >= 0.3 is 0 Å². The number of benzene rings is 2. The van der Waals surface area contributed by atoms with Crippen LogP contribution in [0.3, 0.4) is 0 Å². The Labute approximate surface area is 160 Å². The third-order valence-corrected chi connectivity index (χ3v) is 5.30. The van der Waals surface area contributed by atoms with Gasteiger partial charge in [0.1, 0.15) is 24.5 Å². The fourth-order valence-corrected chi connectivity index (χ4v) is 3.97. The minimum Gasteiger partial charge on any atom is -0.292 e. The molecular formula is C21H16FN5O. The van der Waals surface area contributed by atoms with E-state index in [0.717, 1.165) is 22.7 Å². The lowest BCUT2D eigenvalue weighted by atomic mass is 9.79. The van der Waals surface area contributed by atoms with Gasteiger partial charge in [0.25, 0.3) is 0 Å². The fraction of sp³-hybridized carbons (Fsp3) is 0.190. The van der Waals surface area contributed by atoms with Gasteiger partial charge in [-0.1, -0.05) is 24.3 Å². The molecule has 2 aromatic carbocycles. The second-order valence-corrected chi connectivity index (χ2v) is 6.90. The van der Waals surface area contributed by atoms with Gasteiger partial charge in [0.15, 0.2) is 5.78 Å². The highest BCUT2D eigenvalue weighted by molar-refractivity contribution is 6.21. The lowest BCUT2D eigenvalue weighted by Gasteiger charge is -2.27. The molecule has 3 heterocycles. The van der Waals surface area contributed by atoms with E-state index in [-0.39, 0.29) is 30.0 Å². The van der Waals surface area contributed by atoms with Crippen LogP contribution in [0.1, 0.15) is 39.1 Å². The van der Waals surface area contributed by atoms with Gasteiger partial charge in [-0.3, -0.25) is 19.5 Å². The molecule has 138 valence electrons. The molecule has 2 unspecified atom stereocenters. The zero-order valence-electron chi connectivity index (χ0n) is 15.1. The monoisotopic (exact) mass is 373 g/mol. The quantitative estimate of drug-likeness (QED) is 0.692. The Morgan fingerprint density at radius 1 is 1.14 bits per heavy atom. The first kappa shape index (κ1) is 16.7. The average Bonchev–Trinajstić information content (AvgIpc) is 3.05. The lowest BCUT2D eigenvalue weighted by Crippen LogP contribution is -2.29. The fourth-order valence-electron chi connectivity index (χ4n) is 3.97. The molecule has 0 amide bonds. The van der Waals surface area contributed by atoms with Crippen LogP contribution in [0.2, 0.25) is 0 Å². The highest BCUT2D eigenvalue weighted by atomic mass is 19.1. The van der Waals surface area contributed by atoms with Gasteiger partial charge in [0, 0.05) is 30.3 Å². The summed E-state index contributed by atoms with van der Waals surface area (Å²) in [6.45, 7) is 0.0935. The molecule has 2 atom stereocenters. The highest BCUT2D eigenvalue weighted by Crippen LogP contribution is 2.41. The number of Topliss-reactive ketones (excluding diaryl/α,β-unsaturated/α-hetero) is 1. The molecule has 3 aromatic rings. The second kappa shape index (κ2) is 6.30. The predicted octanol–water partition coefficient (Wildman–Crippen LogP) is 3.22. The minimum atomic E-state index is -0.296. The third-order valence-electron chi connectivity index (χ3n) is 5.30. The number of hydrogen-bond donors (Lipinski definition) is 0. The number of nitrogens with zero attached hydrogens (tertiary/aromatic N) is 5. The summed E-state index contributed by atoms with van der Waals surface area (Å²) < 4.78 is 15.2.